The van der Waals surface area contributed by atoms with Crippen molar-refractivity contribution in [2.75, 3.05) is 7.05 Å². The smallest absolute Gasteiger partial charge is 0.123 e. The van der Waals surface area contributed by atoms with Gasteiger partial charge in [0.1, 0.15) is 11.4 Å². The van der Waals surface area contributed by atoms with E-state index >= 15 is 0 Å². The third-order valence-electron chi connectivity index (χ3n) is 4.40. The lowest BCUT2D eigenvalue weighted by molar-refractivity contribution is 0.138. The third-order valence-corrected chi connectivity index (χ3v) is 4.40. The fourth-order valence-electron chi connectivity index (χ4n) is 3.02. The van der Waals surface area contributed by atoms with Crippen molar-refractivity contribution in [1.82, 2.24) is 5.32 Å². The molecule has 0 spiro atoms. The molecule has 0 aliphatic carbocycles. The molecule has 1 aromatic rings. The van der Waals surface area contributed by atoms with Gasteiger partial charge >= 0.3 is 0 Å². The van der Waals surface area contributed by atoms with E-state index in [9.17, 15) is 0 Å². The predicted molar refractivity (Wildman–Crippen MR) is 80.7 cm³/mol. The Hall–Kier alpha value is -1.02. The van der Waals surface area contributed by atoms with Gasteiger partial charge < -0.3 is 10.1 Å². The molecule has 1 aromatic carbocycles. The summed E-state index contributed by atoms with van der Waals surface area (Å²) in [4.78, 5) is 0. The fraction of sp³-hybridized carbons (Fsp3) is 0.647. The van der Waals surface area contributed by atoms with Crippen molar-refractivity contribution in [1.29, 1.82) is 0 Å². The third kappa shape index (κ3) is 2.79. The SMILES string of the molecule is CCC(C)(C)C(NC)c1ccc2c(c1)CC(C)(C)O2. The van der Waals surface area contributed by atoms with Gasteiger partial charge in [0.05, 0.1) is 0 Å². The van der Waals surface area contributed by atoms with E-state index in [1.54, 1.807) is 0 Å². The summed E-state index contributed by atoms with van der Waals surface area (Å²) in [7, 11) is 2.05. The summed E-state index contributed by atoms with van der Waals surface area (Å²) >= 11 is 0. The van der Waals surface area contributed by atoms with E-state index in [4.69, 9.17) is 4.74 Å². The molecule has 1 heterocycles. The molecule has 0 saturated carbocycles. The van der Waals surface area contributed by atoms with Gasteiger partial charge in [-0.15, -0.1) is 0 Å². The average Bonchev–Trinajstić information content (AvgIpc) is 2.63. The second kappa shape index (κ2) is 4.82. The summed E-state index contributed by atoms with van der Waals surface area (Å²) in [5.74, 6) is 1.05. The molecule has 0 fully saturated rings. The minimum absolute atomic E-state index is 0.0592. The van der Waals surface area contributed by atoms with Crippen LogP contribution in [0.1, 0.15) is 58.2 Å². The Morgan fingerprint density at radius 1 is 1.37 bits per heavy atom. The minimum Gasteiger partial charge on any atom is -0.487 e. The van der Waals surface area contributed by atoms with Crippen molar-refractivity contribution in [3.8, 4) is 5.75 Å². The van der Waals surface area contributed by atoms with Crippen molar-refractivity contribution in [3.63, 3.8) is 0 Å². The maximum absolute atomic E-state index is 5.95. The van der Waals surface area contributed by atoms with Gasteiger partial charge in [-0.05, 0) is 49.9 Å². The van der Waals surface area contributed by atoms with Crippen LogP contribution in [0.3, 0.4) is 0 Å². The molecule has 1 unspecified atom stereocenters. The number of rotatable bonds is 4. The molecule has 2 heteroatoms. The van der Waals surface area contributed by atoms with Crippen molar-refractivity contribution >= 4 is 0 Å². The number of hydrogen-bond donors (Lipinski definition) is 1. The summed E-state index contributed by atoms with van der Waals surface area (Å²) in [5, 5.41) is 3.48. The molecular formula is C17H27NO. The van der Waals surface area contributed by atoms with Crippen LogP contribution in [-0.2, 0) is 6.42 Å². The van der Waals surface area contributed by atoms with E-state index in [0.717, 1.165) is 18.6 Å². The normalized spacial score (nSPS) is 18.8. The molecule has 19 heavy (non-hydrogen) atoms. The Labute approximate surface area is 117 Å². The van der Waals surface area contributed by atoms with Crippen LogP contribution in [-0.4, -0.2) is 12.6 Å². The maximum atomic E-state index is 5.95. The lowest BCUT2D eigenvalue weighted by Crippen LogP contribution is -2.31. The van der Waals surface area contributed by atoms with Crippen molar-refractivity contribution in [3.05, 3.63) is 29.3 Å². The van der Waals surface area contributed by atoms with E-state index in [1.165, 1.54) is 11.1 Å². The topological polar surface area (TPSA) is 21.3 Å². The molecule has 1 aliphatic rings. The zero-order valence-corrected chi connectivity index (χ0v) is 13.1. The van der Waals surface area contributed by atoms with Crippen LogP contribution in [0.15, 0.2) is 18.2 Å². The number of hydrogen-bond acceptors (Lipinski definition) is 2. The Morgan fingerprint density at radius 3 is 2.63 bits per heavy atom. The minimum atomic E-state index is -0.0592. The second-order valence-corrected chi connectivity index (χ2v) is 6.97. The van der Waals surface area contributed by atoms with Gasteiger partial charge in [-0.2, -0.15) is 0 Å². The summed E-state index contributed by atoms with van der Waals surface area (Å²) in [6, 6.07) is 7.04. The quantitative estimate of drug-likeness (QED) is 0.881. The lowest BCUT2D eigenvalue weighted by Gasteiger charge is -2.34. The van der Waals surface area contributed by atoms with Gasteiger partial charge in [-0.1, -0.05) is 32.9 Å². The molecule has 0 saturated heterocycles. The van der Waals surface area contributed by atoms with Crippen LogP contribution in [0.4, 0.5) is 0 Å². The molecule has 106 valence electrons. The zero-order valence-electron chi connectivity index (χ0n) is 13.1. The first kappa shape index (κ1) is 14.4. The number of fused-ring (bicyclic) bond motifs is 1. The molecule has 1 N–H and O–H groups in total. The number of benzene rings is 1. The second-order valence-electron chi connectivity index (χ2n) is 6.97. The van der Waals surface area contributed by atoms with E-state index < -0.39 is 0 Å². The molecule has 2 rings (SSSR count). The van der Waals surface area contributed by atoms with Gasteiger partial charge in [0, 0.05) is 12.5 Å². The first-order valence-corrected chi connectivity index (χ1v) is 7.28. The van der Waals surface area contributed by atoms with Crippen LogP contribution in [0, 0.1) is 5.41 Å². The fourth-order valence-corrected chi connectivity index (χ4v) is 3.02. The Morgan fingerprint density at radius 2 is 2.05 bits per heavy atom. The lowest BCUT2D eigenvalue weighted by atomic mass is 9.78. The molecular weight excluding hydrogens is 234 g/mol. The molecule has 1 atom stereocenters. The van der Waals surface area contributed by atoms with Crippen LogP contribution < -0.4 is 10.1 Å². The monoisotopic (exact) mass is 261 g/mol. The highest BCUT2D eigenvalue weighted by atomic mass is 16.5. The first-order valence-electron chi connectivity index (χ1n) is 7.28. The Kier molecular flexibility index (Phi) is 3.65. The van der Waals surface area contributed by atoms with Crippen molar-refractivity contribution < 1.29 is 4.74 Å². The van der Waals surface area contributed by atoms with Crippen LogP contribution in [0.25, 0.3) is 0 Å². The number of ether oxygens (including phenoxy) is 1. The summed E-state index contributed by atoms with van der Waals surface area (Å²) in [6.07, 6.45) is 2.15. The predicted octanol–water partition coefficient (Wildman–Crippen LogP) is 4.10. The van der Waals surface area contributed by atoms with Crippen molar-refractivity contribution in [2.45, 2.75) is 59.1 Å². The highest BCUT2D eigenvalue weighted by Crippen LogP contribution is 2.40. The van der Waals surface area contributed by atoms with E-state index in [2.05, 4.69) is 65.2 Å². The van der Waals surface area contributed by atoms with Gasteiger partial charge in [0.2, 0.25) is 0 Å². The van der Waals surface area contributed by atoms with Crippen molar-refractivity contribution in [2.24, 2.45) is 5.41 Å². The molecule has 1 aliphatic heterocycles. The van der Waals surface area contributed by atoms with Crippen LogP contribution in [0.5, 0.6) is 5.75 Å². The Bertz CT molecular complexity index is 462. The highest BCUT2D eigenvalue weighted by Gasteiger charge is 2.32. The van der Waals surface area contributed by atoms with E-state index in [-0.39, 0.29) is 11.0 Å². The van der Waals surface area contributed by atoms with Gasteiger partial charge in [0.25, 0.3) is 0 Å². The van der Waals surface area contributed by atoms with Gasteiger partial charge in [-0.3, -0.25) is 0 Å². The standard InChI is InChI=1S/C17H27NO/c1-7-16(2,3)15(18-6)12-8-9-14-13(10-12)11-17(4,5)19-14/h8-10,15,18H,7,11H2,1-6H3. The van der Waals surface area contributed by atoms with Gasteiger partial charge in [-0.25, -0.2) is 0 Å². The zero-order chi connectivity index (χ0) is 14.3. The molecule has 0 aromatic heterocycles. The summed E-state index contributed by atoms with van der Waals surface area (Å²) in [6.45, 7) is 11.2. The largest absolute Gasteiger partial charge is 0.487 e. The van der Waals surface area contributed by atoms with Crippen LogP contribution in [0.2, 0.25) is 0 Å². The average molecular weight is 261 g/mol. The molecule has 0 radical (unpaired) electrons. The number of nitrogens with one attached hydrogen (secondary N) is 1. The molecule has 0 bridgehead atoms. The van der Waals surface area contributed by atoms with E-state index in [0.29, 0.717) is 6.04 Å². The first-order chi connectivity index (χ1) is 8.79. The summed E-state index contributed by atoms with van der Waals surface area (Å²) < 4.78 is 5.95. The van der Waals surface area contributed by atoms with E-state index in [1.807, 2.05) is 0 Å². The highest BCUT2D eigenvalue weighted by molar-refractivity contribution is 5.43. The summed E-state index contributed by atoms with van der Waals surface area (Å²) in [5.41, 5.74) is 2.90. The maximum Gasteiger partial charge on any atom is 0.123 e. The Balaban J connectivity index is 2.33. The molecule has 2 nitrogen and oxygen atoms in total. The van der Waals surface area contributed by atoms with Gasteiger partial charge in [0.15, 0.2) is 0 Å². The van der Waals surface area contributed by atoms with Crippen LogP contribution >= 0.6 is 0 Å². The molecule has 0 amide bonds.